The third kappa shape index (κ3) is 3.43. The molecule has 1 aromatic heterocycles. The van der Waals surface area contributed by atoms with Gasteiger partial charge >= 0.3 is 12.0 Å². The molecule has 1 aliphatic rings. The average Bonchev–Trinajstić information content (AvgIpc) is 2.47. The Kier molecular flexibility index (Phi) is 4.33. The Morgan fingerprint density at radius 1 is 1.53 bits per heavy atom. The number of aromatic nitrogens is 1. The number of nitrogens with zero attached hydrogens (tertiary/aromatic N) is 2. The largest absolute Gasteiger partial charge is 0.469 e. The Hall–Kier alpha value is -2.11. The molecule has 6 nitrogen and oxygen atoms in total. The molecule has 1 fully saturated rings. The first-order valence-corrected chi connectivity index (χ1v) is 6.24. The van der Waals surface area contributed by atoms with Gasteiger partial charge in [0.1, 0.15) is 0 Å². The number of anilines is 1. The van der Waals surface area contributed by atoms with Crippen LogP contribution >= 0.6 is 0 Å². The van der Waals surface area contributed by atoms with E-state index in [1.165, 1.54) is 7.11 Å². The molecule has 1 aromatic rings. The van der Waals surface area contributed by atoms with Gasteiger partial charge in [-0.1, -0.05) is 0 Å². The molecule has 0 aliphatic carbocycles. The van der Waals surface area contributed by atoms with Crippen LogP contribution in [0.3, 0.4) is 0 Å². The Morgan fingerprint density at radius 3 is 3.05 bits per heavy atom. The molecule has 2 rings (SSSR count). The topological polar surface area (TPSA) is 71.5 Å². The first-order chi connectivity index (χ1) is 9.20. The maximum Gasteiger partial charge on any atom is 0.321 e. The molecule has 2 amide bonds. The van der Waals surface area contributed by atoms with Crippen molar-refractivity contribution in [3.8, 4) is 0 Å². The van der Waals surface area contributed by atoms with Crippen LogP contribution in [0, 0.1) is 5.92 Å². The predicted octanol–water partition coefficient (Wildman–Crippen LogP) is 1.50. The molecule has 1 aliphatic heterocycles. The van der Waals surface area contributed by atoms with Crippen LogP contribution in [0.5, 0.6) is 0 Å². The lowest BCUT2D eigenvalue weighted by Crippen LogP contribution is -2.44. The summed E-state index contributed by atoms with van der Waals surface area (Å²) in [4.78, 5) is 29.1. The fourth-order valence-corrected chi connectivity index (χ4v) is 2.16. The lowest BCUT2D eigenvalue weighted by Gasteiger charge is -2.31. The van der Waals surface area contributed by atoms with E-state index in [1.54, 1.807) is 29.4 Å². The molecule has 0 radical (unpaired) electrons. The number of likely N-dealkylation sites (tertiary alicyclic amines) is 1. The summed E-state index contributed by atoms with van der Waals surface area (Å²) in [5.74, 6) is -0.475. The summed E-state index contributed by atoms with van der Waals surface area (Å²) in [7, 11) is 1.37. The minimum absolute atomic E-state index is 0.207. The van der Waals surface area contributed by atoms with Crippen LogP contribution in [0.15, 0.2) is 24.5 Å². The van der Waals surface area contributed by atoms with Crippen LogP contribution < -0.4 is 5.32 Å². The zero-order valence-electron chi connectivity index (χ0n) is 10.8. The number of carbonyl (C=O) groups is 2. The molecule has 19 heavy (non-hydrogen) atoms. The van der Waals surface area contributed by atoms with Gasteiger partial charge in [0, 0.05) is 19.3 Å². The highest BCUT2D eigenvalue weighted by atomic mass is 16.5. The number of ether oxygens (including phenoxy) is 1. The second-order valence-corrected chi connectivity index (χ2v) is 4.48. The summed E-state index contributed by atoms with van der Waals surface area (Å²) >= 11 is 0. The number of carbonyl (C=O) groups excluding carboxylic acids is 2. The van der Waals surface area contributed by atoms with Crippen molar-refractivity contribution in [3.63, 3.8) is 0 Å². The summed E-state index contributed by atoms with van der Waals surface area (Å²) in [5.41, 5.74) is 0.646. The molecule has 0 spiro atoms. The lowest BCUT2D eigenvalue weighted by molar-refractivity contribution is -0.146. The van der Waals surface area contributed by atoms with Crippen LogP contribution in [0.2, 0.25) is 0 Å². The molecule has 0 bridgehead atoms. The normalized spacial score (nSPS) is 18.8. The van der Waals surface area contributed by atoms with E-state index in [0.29, 0.717) is 18.8 Å². The fourth-order valence-electron chi connectivity index (χ4n) is 2.16. The van der Waals surface area contributed by atoms with Crippen molar-refractivity contribution in [3.05, 3.63) is 24.5 Å². The van der Waals surface area contributed by atoms with Gasteiger partial charge in [-0.05, 0) is 25.0 Å². The minimum Gasteiger partial charge on any atom is -0.469 e. The van der Waals surface area contributed by atoms with Crippen molar-refractivity contribution in [2.24, 2.45) is 5.92 Å². The van der Waals surface area contributed by atoms with Crippen molar-refractivity contribution in [2.75, 3.05) is 25.5 Å². The molecular formula is C13H17N3O3. The van der Waals surface area contributed by atoms with Crippen molar-refractivity contribution >= 4 is 17.7 Å². The van der Waals surface area contributed by atoms with Crippen molar-refractivity contribution in [1.82, 2.24) is 9.88 Å². The predicted molar refractivity (Wildman–Crippen MR) is 69.6 cm³/mol. The lowest BCUT2D eigenvalue weighted by atomic mass is 9.98. The number of hydrogen-bond donors (Lipinski definition) is 1. The number of piperidine rings is 1. The molecule has 1 N–H and O–H groups in total. The number of esters is 1. The van der Waals surface area contributed by atoms with Crippen LogP contribution in [-0.4, -0.2) is 42.1 Å². The SMILES string of the molecule is COC(=O)[C@H]1CCCN(C(=O)Nc2cccnc2)C1. The molecule has 2 heterocycles. The number of rotatable bonds is 2. The van der Waals surface area contributed by atoms with Crippen molar-refractivity contribution < 1.29 is 14.3 Å². The minimum atomic E-state index is -0.251. The number of pyridine rings is 1. The van der Waals surface area contributed by atoms with E-state index in [4.69, 9.17) is 4.74 Å². The second-order valence-electron chi connectivity index (χ2n) is 4.48. The van der Waals surface area contributed by atoms with E-state index in [9.17, 15) is 9.59 Å². The average molecular weight is 263 g/mol. The van der Waals surface area contributed by atoms with Crippen LogP contribution in [0.1, 0.15) is 12.8 Å². The van der Waals surface area contributed by atoms with Gasteiger partial charge in [-0.2, -0.15) is 0 Å². The monoisotopic (exact) mass is 263 g/mol. The summed E-state index contributed by atoms with van der Waals surface area (Å²) in [6.45, 7) is 1.05. The Balaban J connectivity index is 1.94. The summed E-state index contributed by atoms with van der Waals surface area (Å²) < 4.78 is 4.73. The highest BCUT2D eigenvalue weighted by Gasteiger charge is 2.28. The van der Waals surface area contributed by atoms with Gasteiger partial charge in [0.25, 0.3) is 0 Å². The molecule has 0 unspecified atom stereocenters. The maximum atomic E-state index is 12.1. The molecule has 102 valence electrons. The molecule has 6 heteroatoms. The summed E-state index contributed by atoms with van der Waals surface area (Å²) in [6.07, 6.45) is 4.80. The highest BCUT2D eigenvalue weighted by molar-refractivity contribution is 5.89. The van der Waals surface area contributed by atoms with Gasteiger partial charge < -0.3 is 15.0 Å². The summed E-state index contributed by atoms with van der Waals surface area (Å²) in [6, 6.07) is 3.32. The highest BCUT2D eigenvalue weighted by Crippen LogP contribution is 2.18. The molecule has 0 aromatic carbocycles. The Labute approximate surface area is 111 Å². The van der Waals surface area contributed by atoms with Crippen LogP contribution in [0.4, 0.5) is 10.5 Å². The smallest absolute Gasteiger partial charge is 0.321 e. The quantitative estimate of drug-likeness (QED) is 0.821. The first kappa shape index (κ1) is 13.3. The first-order valence-electron chi connectivity index (χ1n) is 6.24. The van der Waals surface area contributed by atoms with Crippen LogP contribution in [-0.2, 0) is 9.53 Å². The molecular weight excluding hydrogens is 246 g/mol. The summed E-state index contributed by atoms with van der Waals surface area (Å²) in [5, 5.41) is 2.76. The third-order valence-electron chi connectivity index (χ3n) is 3.16. The van der Waals surface area contributed by atoms with E-state index < -0.39 is 0 Å². The number of hydrogen-bond acceptors (Lipinski definition) is 4. The van der Waals surface area contributed by atoms with Crippen molar-refractivity contribution in [2.45, 2.75) is 12.8 Å². The number of amides is 2. The van der Waals surface area contributed by atoms with Crippen LogP contribution in [0.25, 0.3) is 0 Å². The van der Waals surface area contributed by atoms with Gasteiger partial charge in [0.05, 0.1) is 24.9 Å². The van der Waals surface area contributed by atoms with E-state index in [-0.39, 0.29) is 17.9 Å². The zero-order chi connectivity index (χ0) is 13.7. The van der Waals surface area contributed by atoms with Gasteiger partial charge in [-0.3, -0.25) is 9.78 Å². The second kappa shape index (κ2) is 6.17. The van der Waals surface area contributed by atoms with E-state index in [1.807, 2.05) is 0 Å². The number of urea groups is 1. The Morgan fingerprint density at radius 2 is 2.37 bits per heavy atom. The van der Waals surface area contributed by atoms with Gasteiger partial charge in [0.15, 0.2) is 0 Å². The van der Waals surface area contributed by atoms with Gasteiger partial charge in [-0.25, -0.2) is 4.79 Å². The molecule has 1 saturated heterocycles. The maximum absolute atomic E-state index is 12.1. The fraction of sp³-hybridized carbons (Fsp3) is 0.462. The van der Waals surface area contributed by atoms with E-state index >= 15 is 0 Å². The zero-order valence-corrected chi connectivity index (χ0v) is 10.8. The molecule has 0 saturated carbocycles. The Bertz CT molecular complexity index is 450. The standard InChI is InChI=1S/C13H17N3O3/c1-19-12(17)10-4-3-7-16(9-10)13(18)15-11-5-2-6-14-8-11/h2,5-6,8,10H,3-4,7,9H2,1H3,(H,15,18)/t10-/m0/s1. The third-order valence-corrected chi connectivity index (χ3v) is 3.16. The van der Waals surface area contributed by atoms with Crippen molar-refractivity contribution in [1.29, 1.82) is 0 Å². The molecule has 1 atom stereocenters. The van der Waals surface area contributed by atoms with E-state index in [2.05, 4.69) is 10.3 Å². The number of methoxy groups -OCH3 is 1. The van der Waals surface area contributed by atoms with Gasteiger partial charge in [0.2, 0.25) is 0 Å². The van der Waals surface area contributed by atoms with E-state index in [0.717, 1.165) is 12.8 Å². The van der Waals surface area contributed by atoms with Gasteiger partial charge in [-0.15, -0.1) is 0 Å². The number of nitrogens with one attached hydrogen (secondary N) is 1.